The second kappa shape index (κ2) is 13.4. The van der Waals surface area contributed by atoms with Crippen LogP contribution < -0.4 is 0 Å². The molecule has 0 aromatic heterocycles. The third-order valence-electron chi connectivity index (χ3n) is 6.34. The largest absolute Gasteiger partial charge is 0.489 e. The zero-order chi connectivity index (χ0) is 20.2. The van der Waals surface area contributed by atoms with Crippen LogP contribution in [0.4, 0.5) is 0 Å². The number of rotatable bonds is 4. The number of allylic oxidation sites excluding steroid dienone is 6. The van der Waals surface area contributed by atoms with Crippen LogP contribution >= 0.6 is 15.9 Å². The maximum Gasteiger partial charge on any atom is 0.137 e. The Morgan fingerprint density at radius 1 is 0.586 bits per heavy atom. The van der Waals surface area contributed by atoms with Gasteiger partial charge in [-0.1, -0.05) is 69.6 Å². The van der Waals surface area contributed by atoms with Crippen LogP contribution in [-0.2, 0) is 9.47 Å². The SMILES string of the molecule is BrC1=C(OC2CCCCCCCC2)/C=C\C=C/C=C\1OC1CCCCCCCC1. The summed E-state index contributed by atoms with van der Waals surface area (Å²) in [6, 6.07) is 0. The molecule has 0 N–H and O–H groups in total. The summed E-state index contributed by atoms with van der Waals surface area (Å²) in [5.74, 6) is 1.85. The molecular weight excluding hydrogens is 424 g/mol. The van der Waals surface area contributed by atoms with Crippen molar-refractivity contribution in [1.82, 2.24) is 0 Å². The minimum absolute atomic E-state index is 0.315. The van der Waals surface area contributed by atoms with E-state index >= 15 is 0 Å². The van der Waals surface area contributed by atoms with Gasteiger partial charge in [0.15, 0.2) is 0 Å². The second-order valence-corrected chi connectivity index (χ2v) is 9.62. The monoisotopic (exact) mass is 462 g/mol. The summed E-state index contributed by atoms with van der Waals surface area (Å²) in [5, 5.41) is 0. The molecule has 3 aliphatic carbocycles. The van der Waals surface area contributed by atoms with Gasteiger partial charge in [-0.2, -0.15) is 0 Å². The van der Waals surface area contributed by atoms with E-state index < -0.39 is 0 Å². The molecule has 0 aliphatic heterocycles. The van der Waals surface area contributed by atoms with Crippen molar-refractivity contribution in [2.24, 2.45) is 0 Å². The topological polar surface area (TPSA) is 18.5 Å². The molecule has 3 rings (SSSR count). The van der Waals surface area contributed by atoms with Gasteiger partial charge in [-0.15, -0.1) is 0 Å². The molecule has 0 atom stereocenters. The van der Waals surface area contributed by atoms with E-state index in [0.717, 1.165) is 41.7 Å². The zero-order valence-electron chi connectivity index (χ0n) is 18.0. The fraction of sp³-hybridized carbons (Fsp3) is 0.692. The summed E-state index contributed by atoms with van der Waals surface area (Å²) < 4.78 is 14.1. The third kappa shape index (κ3) is 8.36. The normalized spacial score (nSPS) is 30.6. The molecule has 2 nitrogen and oxygen atoms in total. The lowest BCUT2D eigenvalue weighted by atomic mass is 10.1. The van der Waals surface area contributed by atoms with E-state index in [1.165, 1.54) is 77.0 Å². The van der Waals surface area contributed by atoms with Crippen LogP contribution in [0, 0.1) is 0 Å². The molecule has 0 unspecified atom stereocenters. The van der Waals surface area contributed by atoms with Gasteiger partial charge < -0.3 is 9.47 Å². The third-order valence-corrected chi connectivity index (χ3v) is 7.12. The van der Waals surface area contributed by atoms with Crippen molar-refractivity contribution >= 4 is 15.9 Å². The van der Waals surface area contributed by atoms with Crippen molar-refractivity contribution in [1.29, 1.82) is 0 Å². The Kier molecular flexibility index (Phi) is 10.5. The minimum Gasteiger partial charge on any atom is -0.489 e. The molecule has 0 bridgehead atoms. The average Bonchev–Trinajstić information content (AvgIpc) is 2.93. The van der Waals surface area contributed by atoms with E-state index in [1.54, 1.807) is 0 Å². The molecule has 2 saturated carbocycles. The Hall–Kier alpha value is -0.960. The first kappa shape index (κ1) is 22.7. The molecule has 0 aromatic rings. The lowest BCUT2D eigenvalue weighted by molar-refractivity contribution is 0.0918. The number of ether oxygens (including phenoxy) is 2. The molecular formula is C26H39BrO2. The minimum atomic E-state index is 0.315. The molecule has 2 fully saturated rings. The first-order valence-corrected chi connectivity index (χ1v) is 12.9. The summed E-state index contributed by atoms with van der Waals surface area (Å²) in [5.41, 5.74) is 0. The summed E-state index contributed by atoms with van der Waals surface area (Å²) in [4.78, 5) is 0. The van der Waals surface area contributed by atoms with Crippen molar-refractivity contribution in [3.8, 4) is 0 Å². The van der Waals surface area contributed by atoms with Crippen LogP contribution in [0.3, 0.4) is 0 Å². The fourth-order valence-electron chi connectivity index (χ4n) is 4.59. The van der Waals surface area contributed by atoms with E-state index in [0.29, 0.717) is 12.2 Å². The van der Waals surface area contributed by atoms with Gasteiger partial charge in [0, 0.05) is 0 Å². The van der Waals surface area contributed by atoms with Crippen molar-refractivity contribution in [2.45, 2.75) is 115 Å². The van der Waals surface area contributed by atoms with Crippen molar-refractivity contribution in [2.75, 3.05) is 0 Å². The standard InChI is InChI=1S/C26H39BrO2/c27-26-24(28-22-16-10-5-1-2-6-11-17-22)20-14-9-15-21-25(26)29-23-18-12-7-3-4-8-13-19-23/h9,14-15,20-23H,1-8,10-13,16-19H2/b14-9-,15-9?,20-14?,21-15-,24-20+,25-21?,26-24?,26-25-. The highest BCUT2D eigenvalue weighted by molar-refractivity contribution is 9.12. The van der Waals surface area contributed by atoms with Gasteiger partial charge in [0.2, 0.25) is 0 Å². The predicted molar refractivity (Wildman–Crippen MR) is 126 cm³/mol. The first-order chi connectivity index (χ1) is 14.3. The lowest BCUT2D eigenvalue weighted by Crippen LogP contribution is -2.16. The molecule has 0 radical (unpaired) electrons. The lowest BCUT2D eigenvalue weighted by Gasteiger charge is -2.24. The molecule has 3 heteroatoms. The maximum absolute atomic E-state index is 6.55. The number of hydrogen-bond donors (Lipinski definition) is 0. The van der Waals surface area contributed by atoms with Crippen LogP contribution in [0.1, 0.15) is 103 Å². The Balaban J connectivity index is 1.68. The van der Waals surface area contributed by atoms with E-state index in [2.05, 4.69) is 46.3 Å². The van der Waals surface area contributed by atoms with Gasteiger partial charge in [0.05, 0.1) is 12.2 Å². The quantitative estimate of drug-likeness (QED) is 0.415. The van der Waals surface area contributed by atoms with E-state index in [1.807, 2.05) is 0 Å². The highest BCUT2D eigenvalue weighted by Gasteiger charge is 2.20. The Morgan fingerprint density at radius 3 is 1.62 bits per heavy atom. The van der Waals surface area contributed by atoms with Crippen LogP contribution in [0.25, 0.3) is 0 Å². The maximum atomic E-state index is 6.55. The van der Waals surface area contributed by atoms with Crippen LogP contribution in [0.15, 0.2) is 46.4 Å². The zero-order valence-corrected chi connectivity index (χ0v) is 19.6. The average molecular weight is 464 g/mol. The Labute approximate surface area is 186 Å². The van der Waals surface area contributed by atoms with E-state index in [4.69, 9.17) is 9.47 Å². The van der Waals surface area contributed by atoms with Crippen LogP contribution in [0.5, 0.6) is 0 Å². The number of halogens is 1. The fourth-order valence-corrected chi connectivity index (χ4v) is 5.04. The molecule has 0 aromatic carbocycles. The van der Waals surface area contributed by atoms with Gasteiger partial charge in [0.25, 0.3) is 0 Å². The van der Waals surface area contributed by atoms with Gasteiger partial charge in [-0.25, -0.2) is 0 Å². The molecule has 162 valence electrons. The van der Waals surface area contributed by atoms with E-state index in [-0.39, 0.29) is 0 Å². The van der Waals surface area contributed by atoms with Crippen molar-refractivity contribution in [3.05, 3.63) is 46.4 Å². The second-order valence-electron chi connectivity index (χ2n) is 8.83. The Morgan fingerprint density at radius 2 is 1.07 bits per heavy atom. The first-order valence-electron chi connectivity index (χ1n) is 12.1. The van der Waals surface area contributed by atoms with Gasteiger partial charge in [-0.05, 0) is 79.4 Å². The molecule has 0 amide bonds. The van der Waals surface area contributed by atoms with Gasteiger partial charge in [-0.3, -0.25) is 0 Å². The van der Waals surface area contributed by atoms with Crippen LogP contribution in [-0.4, -0.2) is 12.2 Å². The van der Waals surface area contributed by atoms with Gasteiger partial charge >= 0.3 is 0 Å². The molecule has 3 aliphatic rings. The van der Waals surface area contributed by atoms with Crippen molar-refractivity contribution < 1.29 is 9.47 Å². The predicted octanol–water partition coefficient (Wildman–Crippen LogP) is 8.64. The van der Waals surface area contributed by atoms with Gasteiger partial charge in [0.1, 0.15) is 16.0 Å². The summed E-state index contributed by atoms with van der Waals surface area (Å²) >= 11 is 3.84. The Bertz CT molecular complexity index is 582. The molecule has 29 heavy (non-hydrogen) atoms. The molecule has 0 spiro atoms. The molecule has 0 heterocycles. The highest BCUT2D eigenvalue weighted by atomic mass is 79.9. The van der Waals surface area contributed by atoms with E-state index in [9.17, 15) is 0 Å². The summed E-state index contributed by atoms with van der Waals surface area (Å²) in [7, 11) is 0. The highest BCUT2D eigenvalue weighted by Crippen LogP contribution is 2.32. The summed E-state index contributed by atoms with van der Waals surface area (Å²) in [6.45, 7) is 0. The smallest absolute Gasteiger partial charge is 0.137 e. The van der Waals surface area contributed by atoms with Crippen molar-refractivity contribution in [3.63, 3.8) is 0 Å². The van der Waals surface area contributed by atoms with Crippen LogP contribution in [0.2, 0.25) is 0 Å². The number of hydrogen-bond acceptors (Lipinski definition) is 2. The summed E-state index contributed by atoms with van der Waals surface area (Å²) in [6.07, 6.45) is 31.7. The molecule has 0 saturated heterocycles.